The molecule has 0 amide bonds. The van der Waals surface area contributed by atoms with Gasteiger partial charge in [0.15, 0.2) is 5.96 Å². The Bertz CT molecular complexity index is 769. The molecule has 1 heterocycles. The first-order valence-corrected chi connectivity index (χ1v) is 9.62. The van der Waals surface area contributed by atoms with Gasteiger partial charge in [0.1, 0.15) is 5.75 Å². The Morgan fingerprint density at radius 1 is 1.36 bits per heavy atom. The predicted octanol–water partition coefficient (Wildman–Crippen LogP) is 3.24. The molecule has 0 spiro atoms. The average molecular weight is 359 g/mol. The zero-order valence-corrected chi connectivity index (χ0v) is 16.0. The van der Waals surface area contributed by atoms with Gasteiger partial charge in [-0.1, -0.05) is 6.07 Å². The van der Waals surface area contributed by atoms with Crippen molar-refractivity contribution in [3.8, 4) is 5.75 Å². The van der Waals surface area contributed by atoms with E-state index in [1.165, 1.54) is 24.0 Å². The number of phenols is 1. The quantitative estimate of drug-likeness (QED) is 0.651. The van der Waals surface area contributed by atoms with Crippen molar-refractivity contribution in [3.05, 3.63) is 44.9 Å². The number of nitrogens with one attached hydrogen (secondary N) is 1. The molecule has 1 aliphatic rings. The Labute approximate surface area is 153 Å². The minimum Gasteiger partial charge on any atom is -0.508 e. The van der Waals surface area contributed by atoms with Crippen molar-refractivity contribution in [1.29, 1.82) is 0 Å². The molecule has 0 atom stereocenters. The molecule has 1 aromatic heterocycles. The second kappa shape index (κ2) is 7.87. The van der Waals surface area contributed by atoms with Crippen molar-refractivity contribution >= 4 is 17.3 Å². The van der Waals surface area contributed by atoms with Crippen LogP contribution in [0.2, 0.25) is 0 Å². The molecule has 0 aliphatic heterocycles. The van der Waals surface area contributed by atoms with E-state index < -0.39 is 0 Å². The van der Waals surface area contributed by atoms with Crippen LogP contribution in [0, 0.1) is 6.92 Å². The molecule has 5 nitrogen and oxygen atoms in total. The van der Waals surface area contributed by atoms with Gasteiger partial charge >= 0.3 is 0 Å². The lowest BCUT2D eigenvalue weighted by molar-refractivity contribution is 0.455. The van der Waals surface area contributed by atoms with E-state index >= 15 is 0 Å². The molecule has 134 valence electrons. The largest absolute Gasteiger partial charge is 0.508 e. The monoisotopic (exact) mass is 358 g/mol. The topological polar surface area (TPSA) is 60.8 Å². The van der Waals surface area contributed by atoms with E-state index in [2.05, 4.69) is 31.6 Å². The normalized spacial score (nSPS) is 14.3. The lowest BCUT2D eigenvalue weighted by Crippen LogP contribution is -2.38. The smallest absolute Gasteiger partial charge is 0.194 e. The fourth-order valence-electron chi connectivity index (χ4n) is 3.44. The summed E-state index contributed by atoms with van der Waals surface area (Å²) >= 11 is 1.66. The van der Waals surface area contributed by atoms with Crippen LogP contribution in [0.3, 0.4) is 0 Å². The van der Waals surface area contributed by atoms with Gasteiger partial charge in [-0.05, 0) is 49.8 Å². The van der Waals surface area contributed by atoms with Crippen LogP contribution in [-0.4, -0.2) is 35.0 Å². The first kappa shape index (κ1) is 17.7. The number of aryl methyl sites for hydroxylation is 2. The summed E-state index contributed by atoms with van der Waals surface area (Å²) in [7, 11) is 3.79. The number of aromatic nitrogens is 1. The summed E-state index contributed by atoms with van der Waals surface area (Å²) in [6.07, 6.45) is 4.59. The number of benzene rings is 1. The predicted molar refractivity (Wildman–Crippen MR) is 103 cm³/mol. The van der Waals surface area contributed by atoms with Gasteiger partial charge in [-0.2, -0.15) is 0 Å². The van der Waals surface area contributed by atoms with Gasteiger partial charge < -0.3 is 15.3 Å². The number of hydrogen-bond donors (Lipinski definition) is 2. The first-order valence-electron chi connectivity index (χ1n) is 8.74. The van der Waals surface area contributed by atoms with Crippen LogP contribution >= 0.6 is 11.3 Å². The van der Waals surface area contributed by atoms with E-state index in [-0.39, 0.29) is 0 Å². The zero-order valence-electron chi connectivity index (χ0n) is 15.2. The summed E-state index contributed by atoms with van der Waals surface area (Å²) in [5.41, 5.74) is 4.75. The number of nitrogens with zero attached hydrogens (tertiary/aromatic N) is 3. The van der Waals surface area contributed by atoms with Gasteiger partial charge in [-0.15, -0.1) is 11.3 Å². The fourth-order valence-corrected chi connectivity index (χ4v) is 4.04. The molecule has 2 aromatic rings. The molecule has 1 aliphatic carbocycles. The average Bonchev–Trinajstić information content (AvgIpc) is 3.02. The van der Waals surface area contributed by atoms with E-state index in [0.717, 1.165) is 35.1 Å². The number of aromatic hydroxyl groups is 1. The van der Waals surface area contributed by atoms with E-state index in [4.69, 9.17) is 0 Å². The first-order chi connectivity index (χ1) is 12.1. The van der Waals surface area contributed by atoms with Gasteiger partial charge in [0.05, 0.1) is 17.2 Å². The van der Waals surface area contributed by atoms with E-state index in [9.17, 15) is 5.11 Å². The van der Waals surface area contributed by atoms with Crippen molar-refractivity contribution in [2.24, 2.45) is 4.99 Å². The van der Waals surface area contributed by atoms with E-state index in [1.54, 1.807) is 18.4 Å². The fraction of sp³-hybridized carbons (Fsp3) is 0.474. The summed E-state index contributed by atoms with van der Waals surface area (Å²) in [5, 5.41) is 16.9. The van der Waals surface area contributed by atoms with Crippen LogP contribution in [0.1, 0.15) is 40.2 Å². The standard InChI is InChI=1S/C19H26N4OS/c1-13-22-15(12-25-13)11-23(3)19(20-2)21-10-17-16-7-5-4-6-14(16)8-9-18(17)24/h8-9,12,24H,4-7,10-11H2,1-3H3,(H,20,21). The molecular weight excluding hydrogens is 332 g/mol. The third-order valence-corrected chi connectivity index (χ3v) is 5.51. The van der Waals surface area contributed by atoms with Gasteiger partial charge in [-0.25, -0.2) is 4.98 Å². The van der Waals surface area contributed by atoms with Crippen LogP contribution in [-0.2, 0) is 25.9 Å². The Morgan fingerprint density at radius 2 is 2.16 bits per heavy atom. The number of phenolic OH excluding ortho intramolecular Hbond substituents is 1. The molecule has 0 bridgehead atoms. The number of thiazole rings is 1. The Balaban J connectivity index is 1.69. The molecule has 2 N–H and O–H groups in total. The minimum absolute atomic E-state index is 0.376. The van der Waals surface area contributed by atoms with Crippen LogP contribution in [0.15, 0.2) is 22.5 Å². The maximum atomic E-state index is 10.3. The summed E-state index contributed by atoms with van der Waals surface area (Å²) in [6.45, 7) is 3.31. The highest BCUT2D eigenvalue weighted by Gasteiger charge is 2.17. The summed E-state index contributed by atoms with van der Waals surface area (Å²) in [5.74, 6) is 1.18. The summed E-state index contributed by atoms with van der Waals surface area (Å²) in [4.78, 5) is 10.9. The van der Waals surface area contributed by atoms with Gasteiger partial charge in [-0.3, -0.25) is 4.99 Å². The molecule has 0 fully saturated rings. The molecule has 0 radical (unpaired) electrons. The SMILES string of the molecule is CN=C(NCc1c(O)ccc2c1CCCC2)N(C)Cc1csc(C)n1. The van der Waals surface area contributed by atoms with Crippen molar-refractivity contribution in [2.45, 2.75) is 45.7 Å². The number of guanidine groups is 1. The second-order valence-corrected chi connectivity index (χ2v) is 7.58. The number of fused-ring (bicyclic) bond motifs is 1. The summed E-state index contributed by atoms with van der Waals surface area (Å²) in [6, 6.07) is 3.89. The maximum Gasteiger partial charge on any atom is 0.194 e. The molecule has 0 unspecified atom stereocenters. The van der Waals surface area contributed by atoms with Crippen molar-refractivity contribution in [2.75, 3.05) is 14.1 Å². The number of hydrogen-bond acceptors (Lipinski definition) is 4. The molecule has 1 aromatic carbocycles. The Kier molecular flexibility index (Phi) is 5.58. The maximum absolute atomic E-state index is 10.3. The third-order valence-electron chi connectivity index (χ3n) is 4.69. The van der Waals surface area contributed by atoms with Crippen LogP contribution in [0.25, 0.3) is 0 Å². The molecule has 3 rings (SSSR count). The molecule has 0 saturated carbocycles. The number of aliphatic imine (C=N–C) groups is 1. The van der Waals surface area contributed by atoms with Gasteiger partial charge in [0.25, 0.3) is 0 Å². The second-order valence-electron chi connectivity index (χ2n) is 6.52. The molecular formula is C19H26N4OS. The minimum atomic E-state index is 0.376. The summed E-state index contributed by atoms with van der Waals surface area (Å²) < 4.78 is 0. The third kappa shape index (κ3) is 4.12. The highest BCUT2D eigenvalue weighted by Crippen LogP contribution is 2.30. The lowest BCUT2D eigenvalue weighted by atomic mass is 9.88. The van der Waals surface area contributed by atoms with Crippen molar-refractivity contribution in [1.82, 2.24) is 15.2 Å². The lowest BCUT2D eigenvalue weighted by Gasteiger charge is -2.24. The van der Waals surface area contributed by atoms with Crippen LogP contribution < -0.4 is 5.32 Å². The highest BCUT2D eigenvalue weighted by atomic mass is 32.1. The van der Waals surface area contributed by atoms with E-state index in [1.807, 2.05) is 20.0 Å². The molecule has 6 heteroatoms. The van der Waals surface area contributed by atoms with Crippen LogP contribution in [0.5, 0.6) is 5.75 Å². The highest BCUT2D eigenvalue weighted by molar-refractivity contribution is 7.09. The molecule has 25 heavy (non-hydrogen) atoms. The van der Waals surface area contributed by atoms with Gasteiger partial charge in [0.2, 0.25) is 0 Å². The van der Waals surface area contributed by atoms with Crippen LogP contribution in [0.4, 0.5) is 0 Å². The zero-order chi connectivity index (χ0) is 17.8. The Morgan fingerprint density at radius 3 is 2.88 bits per heavy atom. The number of rotatable bonds is 4. The Hall–Kier alpha value is -2.08. The van der Waals surface area contributed by atoms with E-state index in [0.29, 0.717) is 18.8 Å². The van der Waals surface area contributed by atoms with Gasteiger partial charge in [0, 0.05) is 31.6 Å². The van der Waals surface area contributed by atoms with Crippen molar-refractivity contribution in [3.63, 3.8) is 0 Å². The van der Waals surface area contributed by atoms with Crippen molar-refractivity contribution < 1.29 is 5.11 Å². The molecule has 0 saturated heterocycles.